The first kappa shape index (κ1) is 14.2. The van der Waals surface area contributed by atoms with Crippen molar-refractivity contribution in [3.63, 3.8) is 0 Å². The van der Waals surface area contributed by atoms with E-state index in [4.69, 9.17) is 4.74 Å². The maximum Gasteiger partial charge on any atom is 0.393 e. The van der Waals surface area contributed by atoms with Gasteiger partial charge in [0.2, 0.25) is 0 Å². The molecule has 1 fully saturated rings. The molecule has 2 nitrogen and oxygen atoms in total. The summed E-state index contributed by atoms with van der Waals surface area (Å²) in [6, 6.07) is 6.68. The quantitative estimate of drug-likeness (QED) is 0.913. The smallest absolute Gasteiger partial charge is 0.393 e. The summed E-state index contributed by atoms with van der Waals surface area (Å²) < 4.78 is 44.2. The summed E-state index contributed by atoms with van der Waals surface area (Å²) in [6.45, 7) is 0.645. The fraction of sp³-hybridized carbons (Fsp3) is 0.571. The largest absolute Gasteiger partial charge is 0.496 e. The lowest BCUT2D eigenvalue weighted by Crippen LogP contribution is -2.48. The molecular formula is C14H18F3NO. The van der Waals surface area contributed by atoms with Crippen LogP contribution < -0.4 is 10.1 Å². The number of alkyl halides is 3. The van der Waals surface area contributed by atoms with E-state index in [1.54, 1.807) is 6.07 Å². The molecule has 0 aromatic heterocycles. The Morgan fingerprint density at radius 3 is 2.74 bits per heavy atom. The van der Waals surface area contributed by atoms with Crippen LogP contribution in [-0.4, -0.2) is 25.9 Å². The molecule has 1 aromatic carbocycles. The molecule has 2 unspecified atom stereocenters. The SMILES string of the molecule is COc1ccccc1CC1NCCCC1C(F)(F)F. The Hall–Kier alpha value is -1.23. The number of para-hydroxylation sites is 1. The zero-order valence-electron chi connectivity index (χ0n) is 10.8. The average Bonchev–Trinajstić information content (AvgIpc) is 2.39. The van der Waals surface area contributed by atoms with Crippen molar-refractivity contribution in [2.75, 3.05) is 13.7 Å². The van der Waals surface area contributed by atoms with Gasteiger partial charge in [-0.25, -0.2) is 0 Å². The summed E-state index contributed by atoms with van der Waals surface area (Å²) in [6.07, 6.45) is -3.02. The summed E-state index contributed by atoms with van der Waals surface area (Å²) in [5, 5.41) is 3.00. The molecule has 0 bridgehead atoms. The van der Waals surface area contributed by atoms with Gasteiger partial charge in [0.1, 0.15) is 5.75 Å². The van der Waals surface area contributed by atoms with Crippen molar-refractivity contribution >= 4 is 0 Å². The minimum absolute atomic E-state index is 0.205. The first-order valence-electron chi connectivity index (χ1n) is 6.44. The second kappa shape index (κ2) is 5.82. The Bertz CT molecular complexity index is 419. The number of halogens is 3. The van der Waals surface area contributed by atoms with Crippen molar-refractivity contribution < 1.29 is 17.9 Å². The molecule has 1 aromatic rings. The van der Waals surface area contributed by atoms with Crippen LogP contribution in [0.1, 0.15) is 18.4 Å². The number of benzene rings is 1. The monoisotopic (exact) mass is 273 g/mol. The van der Waals surface area contributed by atoms with Gasteiger partial charge in [0.05, 0.1) is 13.0 Å². The minimum Gasteiger partial charge on any atom is -0.496 e. The first-order valence-corrected chi connectivity index (χ1v) is 6.44. The number of hydrogen-bond donors (Lipinski definition) is 1. The predicted molar refractivity (Wildman–Crippen MR) is 67.3 cm³/mol. The van der Waals surface area contributed by atoms with E-state index in [9.17, 15) is 13.2 Å². The molecule has 19 heavy (non-hydrogen) atoms. The molecule has 2 atom stereocenters. The van der Waals surface area contributed by atoms with E-state index in [-0.39, 0.29) is 6.42 Å². The molecule has 1 aliphatic heterocycles. The Morgan fingerprint density at radius 1 is 1.32 bits per heavy atom. The van der Waals surface area contributed by atoms with Crippen molar-refractivity contribution in [3.8, 4) is 5.75 Å². The van der Waals surface area contributed by atoms with Gasteiger partial charge in [-0.05, 0) is 37.4 Å². The van der Waals surface area contributed by atoms with Crippen LogP contribution in [0.5, 0.6) is 5.75 Å². The third-order valence-electron chi connectivity index (χ3n) is 3.64. The summed E-state index contributed by atoms with van der Waals surface area (Å²) in [7, 11) is 1.54. The van der Waals surface area contributed by atoms with E-state index in [2.05, 4.69) is 5.32 Å². The molecule has 0 amide bonds. The molecule has 1 aliphatic rings. The van der Waals surface area contributed by atoms with Crippen LogP contribution in [0, 0.1) is 5.92 Å². The second-order valence-electron chi connectivity index (χ2n) is 4.87. The minimum atomic E-state index is -4.14. The fourth-order valence-corrected chi connectivity index (χ4v) is 2.67. The molecule has 0 saturated carbocycles. The Labute approximate surface area is 111 Å². The fourth-order valence-electron chi connectivity index (χ4n) is 2.67. The van der Waals surface area contributed by atoms with Gasteiger partial charge in [-0.1, -0.05) is 18.2 Å². The van der Waals surface area contributed by atoms with E-state index >= 15 is 0 Å². The summed E-state index contributed by atoms with van der Waals surface area (Å²) in [5.41, 5.74) is 0.818. The van der Waals surface area contributed by atoms with Gasteiger partial charge in [-0.3, -0.25) is 0 Å². The van der Waals surface area contributed by atoms with Crippen molar-refractivity contribution in [2.24, 2.45) is 5.92 Å². The van der Waals surface area contributed by atoms with Crippen molar-refractivity contribution in [1.29, 1.82) is 0 Å². The van der Waals surface area contributed by atoms with Gasteiger partial charge >= 0.3 is 6.18 Å². The Morgan fingerprint density at radius 2 is 2.05 bits per heavy atom. The van der Waals surface area contributed by atoms with Crippen LogP contribution in [-0.2, 0) is 6.42 Å². The highest BCUT2D eigenvalue weighted by Gasteiger charge is 2.45. The Kier molecular flexibility index (Phi) is 4.34. The molecule has 106 valence electrons. The van der Waals surface area contributed by atoms with Gasteiger partial charge in [-0.15, -0.1) is 0 Å². The lowest BCUT2D eigenvalue weighted by atomic mass is 9.86. The molecule has 1 heterocycles. The zero-order valence-corrected chi connectivity index (χ0v) is 10.8. The second-order valence-corrected chi connectivity index (χ2v) is 4.87. The van der Waals surface area contributed by atoms with E-state index in [0.29, 0.717) is 25.1 Å². The van der Waals surface area contributed by atoms with Crippen LogP contribution in [0.25, 0.3) is 0 Å². The molecule has 1 N–H and O–H groups in total. The standard InChI is InChI=1S/C14H18F3NO/c1-19-13-7-3-2-5-10(13)9-12-11(14(15,16)17)6-4-8-18-12/h2-3,5,7,11-12,18H,4,6,8-9H2,1H3. The van der Waals surface area contributed by atoms with Gasteiger partial charge in [0.15, 0.2) is 0 Å². The number of hydrogen-bond acceptors (Lipinski definition) is 2. The van der Waals surface area contributed by atoms with Crippen molar-refractivity contribution in [1.82, 2.24) is 5.32 Å². The van der Waals surface area contributed by atoms with E-state index in [0.717, 1.165) is 5.56 Å². The third kappa shape index (κ3) is 3.41. The van der Waals surface area contributed by atoms with Crippen LogP contribution in [0.4, 0.5) is 13.2 Å². The van der Waals surface area contributed by atoms with Crippen LogP contribution in [0.2, 0.25) is 0 Å². The lowest BCUT2D eigenvalue weighted by Gasteiger charge is -2.34. The molecular weight excluding hydrogens is 255 g/mol. The predicted octanol–water partition coefficient (Wildman–Crippen LogP) is 3.17. The molecule has 0 radical (unpaired) electrons. The van der Waals surface area contributed by atoms with Crippen molar-refractivity contribution in [3.05, 3.63) is 29.8 Å². The molecule has 0 spiro atoms. The molecule has 5 heteroatoms. The van der Waals surface area contributed by atoms with Gasteiger partial charge in [0, 0.05) is 6.04 Å². The number of piperidine rings is 1. The van der Waals surface area contributed by atoms with Crippen LogP contribution in [0.15, 0.2) is 24.3 Å². The van der Waals surface area contributed by atoms with Gasteiger partial charge in [0.25, 0.3) is 0 Å². The lowest BCUT2D eigenvalue weighted by molar-refractivity contribution is -0.188. The van der Waals surface area contributed by atoms with E-state index < -0.39 is 18.1 Å². The highest BCUT2D eigenvalue weighted by molar-refractivity contribution is 5.34. The van der Waals surface area contributed by atoms with Crippen LogP contribution in [0.3, 0.4) is 0 Å². The molecule has 0 aliphatic carbocycles. The normalized spacial score (nSPS) is 24.2. The number of methoxy groups -OCH3 is 1. The van der Waals surface area contributed by atoms with Gasteiger partial charge in [-0.2, -0.15) is 13.2 Å². The zero-order chi connectivity index (χ0) is 13.9. The van der Waals surface area contributed by atoms with Crippen LogP contribution >= 0.6 is 0 Å². The summed E-state index contributed by atoms with van der Waals surface area (Å²) >= 11 is 0. The molecule has 2 rings (SSSR count). The maximum atomic E-state index is 13.0. The topological polar surface area (TPSA) is 21.3 Å². The maximum absolute atomic E-state index is 13.0. The third-order valence-corrected chi connectivity index (χ3v) is 3.64. The number of rotatable bonds is 3. The van der Waals surface area contributed by atoms with E-state index in [1.165, 1.54) is 7.11 Å². The highest BCUT2D eigenvalue weighted by atomic mass is 19.4. The van der Waals surface area contributed by atoms with Gasteiger partial charge < -0.3 is 10.1 Å². The average molecular weight is 273 g/mol. The highest BCUT2D eigenvalue weighted by Crippen LogP contribution is 2.36. The Balaban J connectivity index is 2.15. The first-order chi connectivity index (χ1) is 9.02. The number of ether oxygens (including phenoxy) is 1. The number of nitrogens with one attached hydrogen (secondary N) is 1. The summed E-state index contributed by atoms with van der Waals surface area (Å²) in [4.78, 5) is 0. The van der Waals surface area contributed by atoms with E-state index in [1.807, 2.05) is 18.2 Å². The summed E-state index contributed by atoms with van der Waals surface area (Å²) in [5.74, 6) is -0.623. The van der Waals surface area contributed by atoms with Crippen molar-refractivity contribution in [2.45, 2.75) is 31.5 Å². The molecule has 1 saturated heterocycles.